The molecule has 1 amide bonds. The molecule has 0 bridgehead atoms. The van der Waals surface area contributed by atoms with Crippen LogP contribution in [-0.2, 0) is 11.2 Å². The molecule has 4 rings (SSSR count). The summed E-state index contributed by atoms with van der Waals surface area (Å²) >= 11 is 0. The van der Waals surface area contributed by atoms with Crippen molar-refractivity contribution in [2.45, 2.75) is 38.4 Å². The lowest BCUT2D eigenvalue weighted by molar-refractivity contribution is -0.129. The van der Waals surface area contributed by atoms with Gasteiger partial charge in [0.2, 0.25) is 5.91 Å². The van der Waals surface area contributed by atoms with Crippen LogP contribution in [0.4, 0.5) is 4.39 Å². The topological polar surface area (TPSA) is 98.4 Å². The highest BCUT2D eigenvalue weighted by molar-refractivity contribution is 5.79. The molecular weight excluding hydrogens is 365 g/mol. The Kier molecular flexibility index (Phi) is 4.97. The molecule has 1 aromatic carbocycles. The summed E-state index contributed by atoms with van der Waals surface area (Å²) in [4.78, 5) is 26.3. The Morgan fingerprint density at radius 2 is 1.89 bits per heavy atom. The normalized spacial score (nSPS) is 26.9. The van der Waals surface area contributed by atoms with Gasteiger partial charge in [0.05, 0.1) is 12.5 Å². The standard InChI is InChI=1S/C20H24FN3O4/c1-11-16(20(27)23-22-11)8-19(26)24-9-12-6-17(25)18(7-13(12)10-24)28-15-4-2-14(21)3-5-15/h2-5,12-13,17-18,25H,6-10H2,1H3,(H2,22,23,27)/t12-,13+,17+,18+/m0/s1. The SMILES string of the molecule is Cc1[nH][nH]c(=O)c1CC(=O)N1C[C@H]2C[C@@H](Oc3ccc(F)cc3)[C@H](O)C[C@H]2C1. The molecule has 7 nitrogen and oxygen atoms in total. The maximum atomic E-state index is 13.1. The van der Waals surface area contributed by atoms with Crippen molar-refractivity contribution in [3.8, 4) is 5.75 Å². The summed E-state index contributed by atoms with van der Waals surface area (Å²) in [7, 11) is 0. The van der Waals surface area contributed by atoms with E-state index in [1.807, 2.05) is 0 Å². The number of aromatic nitrogens is 2. The second-order valence-electron chi connectivity index (χ2n) is 7.83. The molecule has 0 unspecified atom stereocenters. The van der Waals surface area contributed by atoms with Gasteiger partial charge in [0.1, 0.15) is 17.7 Å². The number of hydrogen-bond donors (Lipinski definition) is 3. The van der Waals surface area contributed by atoms with Crippen molar-refractivity contribution in [1.29, 1.82) is 0 Å². The minimum atomic E-state index is -0.629. The first kappa shape index (κ1) is 18.7. The molecule has 4 atom stereocenters. The van der Waals surface area contributed by atoms with Crippen molar-refractivity contribution in [3.63, 3.8) is 0 Å². The zero-order valence-corrected chi connectivity index (χ0v) is 15.7. The van der Waals surface area contributed by atoms with Crippen LogP contribution in [0.15, 0.2) is 29.1 Å². The molecule has 0 spiro atoms. The maximum absolute atomic E-state index is 13.1. The zero-order chi connectivity index (χ0) is 19.8. The summed E-state index contributed by atoms with van der Waals surface area (Å²) < 4.78 is 18.9. The first-order chi connectivity index (χ1) is 13.4. The van der Waals surface area contributed by atoms with Gasteiger partial charge in [-0.1, -0.05) is 0 Å². The van der Waals surface area contributed by atoms with E-state index in [9.17, 15) is 19.1 Å². The van der Waals surface area contributed by atoms with Crippen LogP contribution in [0.1, 0.15) is 24.1 Å². The summed E-state index contributed by atoms with van der Waals surface area (Å²) in [6.07, 6.45) is 0.260. The molecule has 1 aliphatic carbocycles. The lowest BCUT2D eigenvalue weighted by Gasteiger charge is -2.35. The molecular formula is C20H24FN3O4. The van der Waals surface area contributed by atoms with Gasteiger partial charge in [-0.25, -0.2) is 4.39 Å². The van der Waals surface area contributed by atoms with E-state index in [1.165, 1.54) is 12.1 Å². The number of carbonyl (C=O) groups excluding carboxylic acids is 1. The minimum absolute atomic E-state index is 0.0716. The van der Waals surface area contributed by atoms with E-state index >= 15 is 0 Å². The van der Waals surface area contributed by atoms with Crippen LogP contribution in [-0.4, -0.2) is 51.4 Å². The van der Waals surface area contributed by atoms with Gasteiger partial charge in [0, 0.05) is 24.3 Å². The molecule has 2 aliphatic rings. The monoisotopic (exact) mass is 389 g/mol. The van der Waals surface area contributed by atoms with E-state index < -0.39 is 6.10 Å². The quantitative estimate of drug-likeness (QED) is 0.736. The largest absolute Gasteiger partial charge is 0.488 e. The molecule has 1 aromatic heterocycles. The number of aliphatic hydroxyl groups excluding tert-OH is 1. The molecule has 2 fully saturated rings. The van der Waals surface area contributed by atoms with Crippen LogP contribution < -0.4 is 10.3 Å². The number of fused-ring (bicyclic) bond motifs is 1. The second-order valence-corrected chi connectivity index (χ2v) is 7.83. The molecule has 150 valence electrons. The number of ether oxygens (including phenoxy) is 1. The highest BCUT2D eigenvalue weighted by atomic mass is 19.1. The second kappa shape index (κ2) is 7.43. The molecule has 0 radical (unpaired) electrons. The van der Waals surface area contributed by atoms with Crippen LogP contribution in [0.2, 0.25) is 0 Å². The van der Waals surface area contributed by atoms with Crippen LogP contribution in [0, 0.1) is 24.6 Å². The van der Waals surface area contributed by atoms with Gasteiger partial charge in [-0.2, -0.15) is 0 Å². The number of likely N-dealkylation sites (tertiary alicyclic amines) is 1. The van der Waals surface area contributed by atoms with Gasteiger partial charge < -0.3 is 19.8 Å². The van der Waals surface area contributed by atoms with Crippen molar-refractivity contribution in [1.82, 2.24) is 15.1 Å². The average Bonchev–Trinajstić information content (AvgIpc) is 3.21. The fourth-order valence-corrected chi connectivity index (χ4v) is 4.36. The first-order valence-electron chi connectivity index (χ1n) is 9.55. The van der Waals surface area contributed by atoms with E-state index in [4.69, 9.17) is 4.74 Å². The number of carbonyl (C=O) groups is 1. The Morgan fingerprint density at radius 3 is 2.54 bits per heavy atom. The Labute approximate surface area is 161 Å². The fourth-order valence-electron chi connectivity index (χ4n) is 4.36. The number of aliphatic hydroxyl groups is 1. The summed E-state index contributed by atoms with van der Waals surface area (Å²) in [5, 5.41) is 15.7. The Balaban J connectivity index is 1.39. The Morgan fingerprint density at radius 1 is 1.21 bits per heavy atom. The number of hydrogen-bond acceptors (Lipinski definition) is 4. The Hall–Kier alpha value is -2.61. The van der Waals surface area contributed by atoms with Gasteiger partial charge in [0.25, 0.3) is 5.56 Å². The van der Waals surface area contributed by atoms with Gasteiger partial charge in [-0.3, -0.25) is 14.7 Å². The van der Waals surface area contributed by atoms with Crippen molar-refractivity contribution in [2.75, 3.05) is 13.1 Å². The van der Waals surface area contributed by atoms with E-state index in [1.54, 1.807) is 24.0 Å². The number of halogens is 1. The third kappa shape index (κ3) is 3.69. The minimum Gasteiger partial charge on any atom is -0.488 e. The molecule has 8 heteroatoms. The third-order valence-electron chi connectivity index (χ3n) is 5.96. The van der Waals surface area contributed by atoms with Crippen molar-refractivity contribution < 1.29 is 19.0 Å². The molecule has 28 heavy (non-hydrogen) atoms. The summed E-state index contributed by atoms with van der Waals surface area (Å²) in [6.45, 7) is 2.95. The molecule has 3 N–H and O–H groups in total. The smallest absolute Gasteiger partial charge is 0.267 e. The number of aromatic amines is 2. The highest BCUT2D eigenvalue weighted by Gasteiger charge is 2.43. The maximum Gasteiger partial charge on any atom is 0.267 e. The van der Waals surface area contributed by atoms with E-state index in [-0.39, 0.29) is 41.6 Å². The summed E-state index contributed by atoms with van der Waals surface area (Å²) in [5.41, 5.74) is 0.890. The number of amides is 1. The lowest BCUT2D eigenvalue weighted by Crippen LogP contribution is -2.42. The van der Waals surface area contributed by atoms with E-state index in [0.717, 1.165) is 0 Å². The Bertz CT molecular complexity index is 907. The summed E-state index contributed by atoms with van der Waals surface area (Å²) in [6, 6.07) is 5.76. The number of aryl methyl sites for hydroxylation is 1. The first-order valence-corrected chi connectivity index (χ1v) is 9.55. The van der Waals surface area contributed by atoms with Gasteiger partial charge in [0.15, 0.2) is 0 Å². The van der Waals surface area contributed by atoms with E-state index in [2.05, 4.69) is 10.2 Å². The fraction of sp³-hybridized carbons (Fsp3) is 0.500. The van der Waals surface area contributed by atoms with Crippen LogP contribution >= 0.6 is 0 Å². The predicted octanol–water partition coefficient (Wildman–Crippen LogP) is 1.37. The van der Waals surface area contributed by atoms with Gasteiger partial charge in [-0.15, -0.1) is 0 Å². The van der Waals surface area contributed by atoms with Crippen molar-refractivity contribution >= 4 is 5.91 Å². The van der Waals surface area contributed by atoms with E-state index in [0.29, 0.717) is 42.9 Å². The summed E-state index contributed by atoms with van der Waals surface area (Å²) in [5.74, 6) is 0.573. The van der Waals surface area contributed by atoms with Crippen molar-refractivity contribution in [3.05, 3.63) is 51.7 Å². The predicted molar refractivity (Wildman–Crippen MR) is 99.5 cm³/mol. The van der Waals surface area contributed by atoms with Crippen LogP contribution in [0.3, 0.4) is 0 Å². The number of H-pyrrole nitrogens is 2. The number of rotatable bonds is 4. The number of nitrogens with zero attached hydrogens (tertiary/aromatic N) is 1. The number of nitrogens with one attached hydrogen (secondary N) is 2. The molecule has 1 saturated carbocycles. The van der Waals surface area contributed by atoms with Crippen LogP contribution in [0.25, 0.3) is 0 Å². The molecule has 2 aromatic rings. The third-order valence-corrected chi connectivity index (χ3v) is 5.96. The molecule has 2 heterocycles. The lowest BCUT2D eigenvalue weighted by atomic mass is 9.78. The molecule has 1 aliphatic heterocycles. The average molecular weight is 389 g/mol. The highest BCUT2D eigenvalue weighted by Crippen LogP contribution is 2.38. The molecule has 1 saturated heterocycles. The van der Waals surface area contributed by atoms with Crippen LogP contribution in [0.5, 0.6) is 5.75 Å². The van der Waals surface area contributed by atoms with Gasteiger partial charge >= 0.3 is 0 Å². The van der Waals surface area contributed by atoms with Crippen molar-refractivity contribution in [2.24, 2.45) is 11.8 Å². The number of benzene rings is 1. The zero-order valence-electron chi connectivity index (χ0n) is 15.7. The van der Waals surface area contributed by atoms with Gasteiger partial charge in [-0.05, 0) is 55.9 Å².